The summed E-state index contributed by atoms with van der Waals surface area (Å²) in [5.74, 6) is 0.127. The average Bonchev–Trinajstić information content (AvgIpc) is 2.62. The zero-order chi connectivity index (χ0) is 19.0. The third kappa shape index (κ3) is 5.75. The first-order valence-corrected chi connectivity index (χ1v) is 9.47. The van der Waals surface area contributed by atoms with Gasteiger partial charge < -0.3 is 14.8 Å². The van der Waals surface area contributed by atoms with Crippen LogP contribution in [0.15, 0.2) is 53.4 Å². The molecule has 7 nitrogen and oxygen atoms in total. The van der Waals surface area contributed by atoms with Crippen LogP contribution >= 0.6 is 0 Å². The summed E-state index contributed by atoms with van der Waals surface area (Å²) in [5.41, 5.74) is 1.36. The van der Waals surface area contributed by atoms with E-state index in [1.54, 1.807) is 19.2 Å². The number of anilines is 1. The molecule has 0 radical (unpaired) electrons. The van der Waals surface area contributed by atoms with Crippen LogP contribution < -0.4 is 14.8 Å². The predicted molar refractivity (Wildman–Crippen MR) is 98.8 cm³/mol. The van der Waals surface area contributed by atoms with Crippen LogP contribution in [-0.4, -0.2) is 41.2 Å². The summed E-state index contributed by atoms with van der Waals surface area (Å²) in [6.45, 7) is 2.50. The molecule has 0 atom stereocenters. The Balaban J connectivity index is 1.95. The van der Waals surface area contributed by atoms with Crippen molar-refractivity contribution in [1.82, 2.24) is 5.32 Å². The molecule has 0 saturated carbocycles. The maximum atomic E-state index is 12.5. The number of amides is 1. The first-order chi connectivity index (χ1) is 12.4. The molecule has 2 rings (SSSR count). The van der Waals surface area contributed by atoms with E-state index in [9.17, 15) is 13.2 Å². The van der Waals surface area contributed by atoms with Crippen molar-refractivity contribution < 1.29 is 22.7 Å². The number of nitrogens with one attached hydrogen (secondary N) is 2. The highest BCUT2D eigenvalue weighted by atomic mass is 32.2. The molecule has 0 aliphatic rings. The monoisotopic (exact) mass is 378 g/mol. The topological polar surface area (TPSA) is 93.7 Å². The van der Waals surface area contributed by atoms with Crippen LogP contribution in [0.5, 0.6) is 5.75 Å². The van der Waals surface area contributed by atoms with Crippen molar-refractivity contribution in [2.24, 2.45) is 0 Å². The van der Waals surface area contributed by atoms with Crippen molar-refractivity contribution in [2.45, 2.75) is 11.8 Å². The van der Waals surface area contributed by atoms with Crippen LogP contribution in [0.3, 0.4) is 0 Å². The molecular formula is C18H22N2O5S. The van der Waals surface area contributed by atoms with Gasteiger partial charge in [0.05, 0.1) is 17.2 Å². The molecule has 0 spiro atoms. The summed E-state index contributed by atoms with van der Waals surface area (Å²) in [6, 6.07) is 13.0. The minimum absolute atomic E-state index is 0.109. The third-order valence-corrected chi connectivity index (χ3v) is 4.90. The summed E-state index contributed by atoms with van der Waals surface area (Å²) in [5, 5.41) is 2.63. The number of benzene rings is 2. The number of ether oxygens (including phenoxy) is 2. The number of carbonyl (C=O) groups is 1. The van der Waals surface area contributed by atoms with Crippen molar-refractivity contribution in [3.63, 3.8) is 0 Å². The van der Waals surface area contributed by atoms with E-state index >= 15 is 0 Å². The Labute approximate surface area is 153 Å². The quantitative estimate of drug-likeness (QED) is 0.651. The van der Waals surface area contributed by atoms with Crippen molar-refractivity contribution >= 4 is 21.6 Å². The van der Waals surface area contributed by atoms with Gasteiger partial charge in [-0.3, -0.25) is 9.52 Å². The van der Waals surface area contributed by atoms with E-state index in [2.05, 4.69) is 10.0 Å². The number of hydrogen-bond donors (Lipinski definition) is 2. The number of para-hydroxylation sites is 1. The molecule has 1 amide bonds. The molecule has 0 bridgehead atoms. The van der Waals surface area contributed by atoms with Gasteiger partial charge in [0, 0.05) is 13.7 Å². The Morgan fingerprint density at radius 2 is 1.77 bits per heavy atom. The largest absolute Gasteiger partial charge is 0.484 e. The molecule has 26 heavy (non-hydrogen) atoms. The lowest BCUT2D eigenvalue weighted by Gasteiger charge is -2.11. The number of methoxy groups -OCH3 is 1. The highest BCUT2D eigenvalue weighted by molar-refractivity contribution is 7.92. The van der Waals surface area contributed by atoms with E-state index in [0.717, 1.165) is 5.56 Å². The average molecular weight is 378 g/mol. The number of sulfonamides is 1. The third-order valence-electron chi connectivity index (χ3n) is 3.52. The molecule has 0 aromatic heterocycles. The first-order valence-electron chi connectivity index (χ1n) is 7.99. The molecule has 2 N–H and O–H groups in total. The molecule has 0 fully saturated rings. The first kappa shape index (κ1) is 19.7. The summed E-state index contributed by atoms with van der Waals surface area (Å²) in [6.07, 6.45) is 0. The van der Waals surface area contributed by atoms with Crippen molar-refractivity contribution in [1.29, 1.82) is 0 Å². The molecule has 0 aliphatic carbocycles. The molecular weight excluding hydrogens is 356 g/mol. The Kier molecular flexibility index (Phi) is 6.99. The minimum atomic E-state index is -3.70. The Morgan fingerprint density at radius 1 is 1.08 bits per heavy atom. The van der Waals surface area contributed by atoms with Gasteiger partial charge in [0.25, 0.3) is 15.9 Å². The van der Waals surface area contributed by atoms with Gasteiger partial charge >= 0.3 is 0 Å². The molecule has 2 aromatic rings. The Morgan fingerprint density at radius 3 is 2.42 bits per heavy atom. The number of hydrogen-bond acceptors (Lipinski definition) is 5. The van der Waals surface area contributed by atoms with Crippen LogP contribution in [0.25, 0.3) is 0 Å². The van der Waals surface area contributed by atoms with Crippen molar-refractivity contribution in [2.75, 3.05) is 31.6 Å². The fraction of sp³-hybridized carbons (Fsp3) is 0.278. The van der Waals surface area contributed by atoms with Crippen LogP contribution in [0, 0.1) is 6.92 Å². The van der Waals surface area contributed by atoms with E-state index in [-0.39, 0.29) is 17.4 Å². The van der Waals surface area contributed by atoms with E-state index in [1.165, 1.54) is 24.3 Å². The van der Waals surface area contributed by atoms with E-state index in [1.807, 2.05) is 19.1 Å². The molecule has 2 aromatic carbocycles. The van der Waals surface area contributed by atoms with Crippen LogP contribution in [0.2, 0.25) is 0 Å². The number of aryl methyl sites for hydroxylation is 1. The van der Waals surface area contributed by atoms with Gasteiger partial charge in [0.2, 0.25) is 0 Å². The highest BCUT2D eigenvalue weighted by Gasteiger charge is 2.15. The molecule has 0 heterocycles. The summed E-state index contributed by atoms with van der Waals surface area (Å²) < 4.78 is 37.6. The molecule has 0 saturated heterocycles. The fourth-order valence-corrected chi connectivity index (χ4v) is 3.23. The van der Waals surface area contributed by atoms with Crippen LogP contribution in [-0.2, 0) is 19.6 Å². The van der Waals surface area contributed by atoms with Gasteiger partial charge in [0.15, 0.2) is 6.61 Å². The molecule has 0 aliphatic heterocycles. The van der Waals surface area contributed by atoms with E-state index in [0.29, 0.717) is 24.6 Å². The minimum Gasteiger partial charge on any atom is -0.484 e. The zero-order valence-corrected chi connectivity index (χ0v) is 15.5. The fourth-order valence-electron chi connectivity index (χ4n) is 2.10. The number of carbonyl (C=O) groups excluding carboxylic acids is 1. The van der Waals surface area contributed by atoms with Gasteiger partial charge in [0.1, 0.15) is 5.75 Å². The standard InChI is InChI=1S/C18H22N2O5S/c1-14-5-3-4-6-17(14)20-26(22,23)16-9-7-15(8-10-16)25-13-18(21)19-11-12-24-2/h3-10,20H,11-13H2,1-2H3,(H,19,21). The summed E-state index contributed by atoms with van der Waals surface area (Å²) >= 11 is 0. The van der Waals surface area contributed by atoms with Crippen LogP contribution in [0.1, 0.15) is 5.56 Å². The van der Waals surface area contributed by atoms with Gasteiger partial charge in [-0.25, -0.2) is 8.42 Å². The molecule has 0 unspecified atom stereocenters. The van der Waals surface area contributed by atoms with Crippen LogP contribution in [0.4, 0.5) is 5.69 Å². The van der Waals surface area contributed by atoms with Gasteiger partial charge in [-0.1, -0.05) is 18.2 Å². The summed E-state index contributed by atoms with van der Waals surface area (Å²) in [4.78, 5) is 11.7. The van der Waals surface area contributed by atoms with Gasteiger partial charge in [-0.15, -0.1) is 0 Å². The lowest BCUT2D eigenvalue weighted by atomic mass is 10.2. The normalized spacial score (nSPS) is 11.0. The lowest BCUT2D eigenvalue weighted by Crippen LogP contribution is -2.31. The van der Waals surface area contributed by atoms with Gasteiger partial charge in [-0.05, 0) is 42.8 Å². The highest BCUT2D eigenvalue weighted by Crippen LogP contribution is 2.21. The second kappa shape index (κ2) is 9.21. The smallest absolute Gasteiger partial charge is 0.261 e. The van der Waals surface area contributed by atoms with E-state index < -0.39 is 10.0 Å². The zero-order valence-electron chi connectivity index (χ0n) is 14.7. The predicted octanol–water partition coefficient (Wildman–Crippen LogP) is 1.94. The van der Waals surface area contributed by atoms with Crippen molar-refractivity contribution in [3.05, 3.63) is 54.1 Å². The SMILES string of the molecule is COCCNC(=O)COc1ccc(S(=O)(=O)Nc2ccccc2C)cc1. The van der Waals surface area contributed by atoms with E-state index in [4.69, 9.17) is 9.47 Å². The molecule has 8 heteroatoms. The Hall–Kier alpha value is -2.58. The molecule has 140 valence electrons. The van der Waals surface area contributed by atoms with Gasteiger partial charge in [-0.2, -0.15) is 0 Å². The second-order valence-electron chi connectivity index (χ2n) is 5.52. The van der Waals surface area contributed by atoms with Crippen molar-refractivity contribution in [3.8, 4) is 5.75 Å². The maximum Gasteiger partial charge on any atom is 0.261 e. The summed E-state index contributed by atoms with van der Waals surface area (Å²) in [7, 11) is -2.15. The second-order valence-corrected chi connectivity index (χ2v) is 7.21. The lowest BCUT2D eigenvalue weighted by molar-refractivity contribution is -0.123. The number of rotatable bonds is 9. The Bertz CT molecular complexity index is 835. The maximum absolute atomic E-state index is 12.5.